The Kier molecular flexibility index (Phi) is 7.18. The van der Waals surface area contributed by atoms with Gasteiger partial charge in [-0.05, 0) is 19.8 Å². The zero-order chi connectivity index (χ0) is 11.9. The smallest absolute Gasteiger partial charge is 0.148 e. The van der Waals surface area contributed by atoms with Gasteiger partial charge in [-0.15, -0.1) is 0 Å². The highest BCUT2D eigenvalue weighted by Crippen LogP contribution is 2.06. The van der Waals surface area contributed by atoms with E-state index in [0.29, 0.717) is 6.04 Å². The van der Waals surface area contributed by atoms with Crippen molar-refractivity contribution in [2.75, 3.05) is 12.0 Å². The van der Waals surface area contributed by atoms with Crippen LogP contribution >= 0.6 is 0 Å². The lowest BCUT2D eigenvalue weighted by Gasteiger charge is -2.22. The summed E-state index contributed by atoms with van der Waals surface area (Å²) in [6, 6.07) is 0.528. The quantitative estimate of drug-likeness (QED) is 0.700. The third-order valence-electron chi connectivity index (χ3n) is 2.35. The summed E-state index contributed by atoms with van der Waals surface area (Å²) in [7, 11) is -2.86. The molecule has 15 heavy (non-hydrogen) atoms. The Morgan fingerprint density at radius 1 is 1.13 bits per heavy atom. The Morgan fingerprint density at radius 3 is 1.93 bits per heavy atom. The van der Waals surface area contributed by atoms with Crippen molar-refractivity contribution in [3.63, 3.8) is 0 Å². The molecule has 0 fully saturated rings. The second-order valence-electron chi connectivity index (χ2n) is 4.43. The van der Waals surface area contributed by atoms with Gasteiger partial charge < -0.3 is 5.32 Å². The first-order valence-electron chi connectivity index (χ1n) is 5.82. The molecule has 4 heteroatoms. The van der Waals surface area contributed by atoms with Gasteiger partial charge in [-0.1, -0.05) is 26.7 Å². The third-order valence-corrected chi connectivity index (χ3v) is 3.45. The van der Waals surface area contributed by atoms with Gasteiger partial charge in [0.1, 0.15) is 9.84 Å². The molecule has 1 N–H and O–H groups in total. The summed E-state index contributed by atoms with van der Waals surface area (Å²) in [6.45, 7) is 6.26. The highest BCUT2D eigenvalue weighted by molar-refractivity contribution is 7.90. The molecule has 0 amide bonds. The van der Waals surface area contributed by atoms with Crippen LogP contribution < -0.4 is 5.32 Å². The molecule has 0 saturated carbocycles. The molecule has 0 aliphatic rings. The Balaban J connectivity index is 4.04. The third kappa shape index (κ3) is 8.88. The number of hydrogen-bond donors (Lipinski definition) is 1. The standard InChI is InChI=1S/C11H25NO2S/c1-5-7-11(8-6-2)12-10(3)9-15(4,13)14/h10-12H,5-9H2,1-4H3. The monoisotopic (exact) mass is 235 g/mol. The first kappa shape index (κ1) is 14.9. The number of rotatable bonds is 8. The van der Waals surface area contributed by atoms with Gasteiger partial charge in [-0.3, -0.25) is 0 Å². The zero-order valence-corrected chi connectivity index (χ0v) is 11.2. The first-order chi connectivity index (χ1) is 6.89. The topological polar surface area (TPSA) is 46.2 Å². The van der Waals surface area contributed by atoms with Crippen molar-refractivity contribution in [3.05, 3.63) is 0 Å². The maximum atomic E-state index is 11.1. The van der Waals surface area contributed by atoms with Crippen LogP contribution in [-0.4, -0.2) is 32.5 Å². The van der Waals surface area contributed by atoms with E-state index in [1.54, 1.807) is 0 Å². The van der Waals surface area contributed by atoms with Crippen molar-refractivity contribution < 1.29 is 8.42 Å². The minimum Gasteiger partial charge on any atom is -0.310 e. The van der Waals surface area contributed by atoms with Crippen LogP contribution in [0, 0.1) is 0 Å². The van der Waals surface area contributed by atoms with Crippen molar-refractivity contribution in [2.24, 2.45) is 0 Å². The van der Waals surface area contributed by atoms with E-state index in [1.807, 2.05) is 6.92 Å². The van der Waals surface area contributed by atoms with Gasteiger partial charge in [0.2, 0.25) is 0 Å². The van der Waals surface area contributed by atoms with Gasteiger partial charge in [0, 0.05) is 18.3 Å². The Labute approximate surface area is 94.6 Å². The van der Waals surface area contributed by atoms with Gasteiger partial charge in [0.15, 0.2) is 0 Å². The molecule has 0 rings (SSSR count). The molecule has 0 aromatic carbocycles. The molecule has 3 nitrogen and oxygen atoms in total. The molecule has 0 aromatic heterocycles. The molecule has 0 radical (unpaired) electrons. The average molecular weight is 235 g/mol. The normalized spacial score (nSPS) is 14.5. The SMILES string of the molecule is CCCC(CCC)NC(C)CS(C)(=O)=O. The highest BCUT2D eigenvalue weighted by Gasteiger charge is 2.14. The first-order valence-corrected chi connectivity index (χ1v) is 7.88. The summed E-state index contributed by atoms with van der Waals surface area (Å²) in [5.41, 5.74) is 0. The number of nitrogens with one attached hydrogen (secondary N) is 1. The molecular formula is C11H25NO2S. The summed E-state index contributed by atoms with van der Waals surface area (Å²) < 4.78 is 22.2. The van der Waals surface area contributed by atoms with E-state index >= 15 is 0 Å². The van der Waals surface area contributed by atoms with Crippen LogP contribution in [-0.2, 0) is 9.84 Å². The molecule has 0 aliphatic heterocycles. The average Bonchev–Trinajstić information content (AvgIpc) is 2.00. The van der Waals surface area contributed by atoms with Gasteiger partial charge in [-0.2, -0.15) is 0 Å². The van der Waals surface area contributed by atoms with Gasteiger partial charge >= 0.3 is 0 Å². The number of hydrogen-bond acceptors (Lipinski definition) is 3. The van der Waals surface area contributed by atoms with E-state index in [1.165, 1.54) is 6.26 Å². The van der Waals surface area contributed by atoms with Crippen LogP contribution in [0.4, 0.5) is 0 Å². The number of sulfone groups is 1. The fourth-order valence-electron chi connectivity index (χ4n) is 1.91. The molecule has 0 saturated heterocycles. The predicted octanol–water partition coefficient (Wildman–Crippen LogP) is 1.98. The summed E-state index contributed by atoms with van der Waals surface area (Å²) in [5.74, 6) is 0.233. The van der Waals surface area contributed by atoms with Crippen molar-refractivity contribution in [1.29, 1.82) is 0 Å². The van der Waals surface area contributed by atoms with Crippen molar-refractivity contribution in [2.45, 2.75) is 58.5 Å². The second kappa shape index (κ2) is 7.23. The van der Waals surface area contributed by atoms with Crippen LogP contribution in [0.5, 0.6) is 0 Å². The van der Waals surface area contributed by atoms with E-state index in [0.717, 1.165) is 25.7 Å². The minimum atomic E-state index is -2.86. The maximum absolute atomic E-state index is 11.1. The molecule has 1 atom stereocenters. The largest absolute Gasteiger partial charge is 0.310 e. The van der Waals surface area contributed by atoms with E-state index in [2.05, 4.69) is 19.2 Å². The van der Waals surface area contributed by atoms with Crippen LogP contribution in [0.2, 0.25) is 0 Å². The molecule has 0 aromatic rings. The van der Waals surface area contributed by atoms with Crippen LogP contribution in [0.25, 0.3) is 0 Å². The maximum Gasteiger partial charge on any atom is 0.148 e. The van der Waals surface area contributed by atoms with Gasteiger partial charge in [0.05, 0.1) is 5.75 Å². The van der Waals surface area contributed by atoms with Crippen LogP contribution in [0.1, 0.15) is 46.5 Å². The van der Waals surface area contributed by atoms with Crippen molar-refractivity contribution in [1.82, 2.24) is 5.32 Å². The van der Waals surface area contributed by atoms with Gasteiger partial charge in [-0.25, -0.2) is 8.42 Å². The molecule has 0 bridgehead atoms. The summed E-state index contributed by atoms with van der Waals surface area (Å²) in [4.78, 5) is 0. The minimum absolute atomic E-state index is 0.0584. The van der Waals surface area contributed by atoms with E-state index < -0.39 is 9.84 Å². The molecular weight excluding hydrogens is 210 g/mol. The second-order valence-corrected chi connectivity index (χ2v) is 6.62. The Hall–Kier alpha value is -0.0900. The summed E-state index contributed by atoms with van der Waals surface area (Å²) >= 11 is 0. The van der Waals surface area contributed by atoms with Crippen LogP contribution in [0.3, 0.4) is 0 Å². The van der Waals surface area contributed by atoms with E-state index in [-0.39, 0.29) is 11.8 Å². The lowest BCUT2D eigenvalue weighted by Crippen LogP contribution is -2.40. The molecule has 0 heterocycles. The lowest BCUT2D eigenvalue weighted by molar-refractivity contribution is 0.410. The molecule has 0 aliphatic carbocycles. The summed E-state index contributed by atoms with van der Waals surface area (Å²) in [5, 5.41) is 3.40. The Morgan fingerprint density at radius 2 is 1.60 bits per heavy atom. The molecule has 92 valence electrons. The fraction of sp³-hybridized carbons (Fsp3) is 1.00. The predicted molar refractivity (Wildman–Crippen MR) is 65.9 cm³/mol. The highest BCUT2D eigenvalue weighted by atomic mass is 32.2. The van der Waals surface area contributed by atoms with E-state index in [4.69, 9.17) is 0 Å². The Bertz CT molecular complexity index is 243. The van der Waals surface area contributed by atoms with Crippen LogP contribution in [0.15, 0.2) is 0 Å². The van der Waals surface area contributed by atoms with Gasteiger partial charge in [0.25, 0.3) is 0 Å². The lowest BCUT2D eigenvalue weighted by atomic mass is 10.1. The van der Waals surface area contributed by atoms with E-state index in [9.17, 15) is 8.42 Å². The van der Waals surface area contributed by atoms with Crippen molar-refractivity contribution >= 4 is 9.84 Å². The molecule has 0 spiro atoms. The molecule has 1 unspecified atom stereocenters. The fourth-order valence-corrected chi connectivity index (χ4v) is 2.92. The summed E-state index contributed by atoms with van der Waals surface area (Å²) in [6.07, 6.45) is 5.83. The zero-order valence-electron chi connectivity index (χ0n) is 10.4. The van der Waals surface area contributed by atoms with Crippen molar-refractivity contribution in [3.8, 4) is 0 Å².